The van der Waals surface area contributed by atoms with Gasteiger partial charge >= 0.3 is 35.5 Å². The molecule has 0 aromatic carbocycles. The van der Waals surface area contributed by atoms with E-state index in [1.54, 1.807) is 13.0 Å². The Morgan fingerprint density at radius 3 is 2.76 bits per heavy atom. The summed E-state index contributed by atoms with van der Waals surface area (Å²) in [6.45, 7) is 1.67. The Kier molecular flexibility index (Phi) is 7.45. The van der Waals surface area contributed by atoms with Crippen LogP contribution in [-0.2, 0) is 14.3 Å². The first-order chi connectivity index (χ1) is 7.65. The molecule has 0 bridgehead atoms. The number of rotatable bonds is 4. The standard InChI is InChI=1S/C11H11NO4.Na/c1-2-16-11(15)10(14)6-9(13)8-4-3-5-12-7-8;/h3-7,13H,2H2,1H3;/q;+1/p-1/b9-6-;. The second-order valence-electron chi connectivity index (χ2n) is 2.84. The van der Waals surface area contributed by atoms with Gasteiger partial charge in [-0.1, -0.05) is 11.8 Å². The first-order valence-corrected chi connectivity index (χ1v) is 4.65. The van der Waals surface area contributed by atoms with Gasteiger partial charge in [0.05, 0.1) is 6.61 Å². The van der Waals surface area contributed by atoms with Crippen LogP contribution in [0, 0.1) is 0 Å². The minimum Gasteiger partial charge on any atom is -0.872 e. The number of nitrogens with zero attached hydrogens (tertiary/aromatic N) is 1. The zero-order chi connectivity index (χ0) is 12.0. The summed E-state index contributed by atoms with van der Waals surface area (Å²) in [5.74, 6) is -2.55. The Bertz CT molecular complexity index is 417. The predicted octanol–water partition coefficient (Wildman–Crippen LogP) is -3.08. The molecule has 0 aliphatic rings. The summed E-state index contributed by atoms with van der Waals surface area (Å²) in [4.78, 5) is 25.8. The van der Waals surface area contributed by atoms with Crippen LogP contribution in [0.2, 0.25) is 0 Å². The molecule has 1 aromatic rings. The van der Waals surface area contributed by atoms with Crippen molar-refractivity contribution in [1.29, 1.82) is 0 Å². The monoisotopic (exact) mass is 243 g/mol. The minimum atomic E-state index is -1.03. The van der Waals surface area contributed by atoms with Crippen molar-refractivity contribution in [1.82, 2.24) is 4.98 Å². The van der Waals surface area contributed by atoms with Gasteiger partial charge in [0.15, 0.2) is 0 Å². The van der Waals surface area contributed by atoms with Crippen LogP contribution in [0.4, 0.5) is 0 Å². The molecular weight excluding hydrogens is 233 g/mol. The zero-order valence-electron chi connectivity index (χ0n) is 9.67. The molecule has 0 amide bonds. The van der Waals surface area contributed by atoms with Gasteiger partial charge in [0, 0.05) is 12.4 Å². The SMILES string of the molecule is CCOC(=O)C(=O)/C=C(\[O-])c1cccnc1.[Na+]. The minimum absolute atomic E-state index is 0. The van der Waals surface area contributed by atoms with Crippen LogP contribution in [-0.4, -0.2) is 23.3 Å². The van der Waals surface area contributed by atoms with E-state index in [0.29, 0.717) is 6.08 Å². The topological polar surface area (TPSA) is 79.3 Å². The Hall–Kier alpha value is -1.17. The van der Waals surface area contributed by atoms with Crippen molar-refractivity contribution in [2.24, 2.45) is 0 Å². The predicted molar refractivity (Wildman–Crippen MR) is 53.9 cm³/mol. The second kappa shape index (κ2) is 8.00. The second-order valence-corrected chi connectivity index (χ2v) is 2.84. The van der Waals surface area contributed by atoms with Crippen LogP contribution in [0.5, 0.6) is 0 Å². The Balaban J connectivity index is 0.00000256. The van der Waals surface area contributed by atoms with Crippen LogP contribution in [0.1, 0.15) is 12.5 Å². The third-order valence-electron chi connectivity index (χ3n) is 1.68. The fourth-order valence-electron chi connectivity index (χ4n) is 0.972. The summed E-state index contributed by atoms with van der Waals surface area (Å²) in [5.41, 5.74) is 0.250. The number of ketones is 1. The molecule has 0 fully saturated rings. The number of hydrogen-bond acceptors (Lipinski definition) is 5. The molecule has 0 saturated heterocycles. The van der Waals surface area contributed by atoms with Crippen molar-refractivity contribution in [3.05, 3.63) is 36.2 Å². The Morgan fingerprint density at radius 1 is 1.53 bits per heavy atom. The quantitative estimate of drug-likeness (QED) is 0.184. The maximum Gasteiger partial charge on any atom is 1.00 e. The maximum absolute atomic E-state index is 11.4. The van der Waals surface area contributed by atoms with Crippen LogP contribution < -0.4 is 34.7 Å². The molecule has 84 valence electrons. The average molecular weight is 243 g/mol. The largest absolute Gasteiger partial charge is 1.00 e. The summed E-state index contributed by atoms with van der Waals surface area (Å²) in [7, 11) is 0. The van der Waals surface area contributed by atoms with Gasteiger partial charge in [-0.05, 0) is 24.6 Å². The fraction of sp³-hybridized carbons (Fsp3) is 0.182. The molecule has 0 spiro atoms. The Morgan fingerprint density at radius 2 is 2.24 bits per heavy atom. The van der Waals surface area contributed by atoms with Crippen molar-refractivity contribution >= 4 is 17.5 Å². The molecule has 1 aromatic heterocycles. The normalized spacial score (nSPS) is 10.3. The molecule has 0 unspecified atom stereocenters. The molecule has 0 aliphatic carbocycles. The van der Waals surface area contributed by atoms with E-state index in [9.17, 15) is 14.7 Å². The molecule has 0 aliphatic heterocycles. The molecule has 0 atom stereocenters. The van der Waals surface area contributed by atoms with Crippen molar-refractivity contribution in [2.75, 3.05) is 6.61 Å². The molecule has 1 rings (SSSR count). The summed E-state index contributed by atoms with van der Waals surface area (Å²) < 4.78 is 4.45. The van der Waals surface area contributed by atoms with Crippen LogP contribution in [0.3, 0.4) is 0 Å². The van der Waals surface area contributed by atoms with Gasteiger partial charge in [-0.3, -0.25) is 9.78 Å². The van der Waals surface area contributed by atoms with Crippen LogP contribution in [0.25, 0.3) is 5.76 Å². The summed E-state index contributed by atoms with van der Waals surface area (Å²) in [6.07, 6.45) is 3.52. The smallest absolute Gasteiger partial charge is 0.872 e. The average Bonchev–Trinajstić information content (AvgIpc) is 2.30. The molecule has 0 saturated carbocycles. The van der Waals surface area contributed by atoms with Gasteiger partial charge in [0.2, 0.25) is 0 Å². The number of pyridine rings is 1. The van der Waals surface area contributed by atoms with E-state index in [1.165, 1.54) is 18.5 Å². The Labute approximate surface area is 121 Å². The summed E-state index contributed by atoms with van der Waals surface area (Å²) in [5, 5.41) is 11.4. The van der Waals surface area contributed by atoms with Crippen molar-refractivity contribution in [3.8, 4) is 0 Å². The first-order valence-electron chi connectivity index (χ1n) is 4.65. The number of carbonyl (C=O) groups is 2. The number of ether oxygens (including phenoxy) is 1. The van der Waals surface area contributed by atoms with Crippen LogP contribution in [0.15, 0.2) is 30.6 Å². The van der Waals surface area contributed by atoms with Crippen molar-refractivity contribution in [3.63, 3.8) is 0 Å². The van der Waals surface area contributed by atoms with Gasteiger partial charge in [-0.2, -0.15) is 0 Å². The zero-order valence-corrected chi connectivity index (χ0v) is 11.7. The first kappa shape index (κ1) is 15.8. The van der Waals surface area contributed by atoms with Gasteiger partial charge in [0.25, 0.3) is 5.78 Å². The number of carbonyl (C=O) groups excluding carboxylic acids is 2. The number of hydrogen-bond donors (Lipinski definition) is 0. The molecule has 1 heterocycles. The molecule has 17 heavy (non-hydrogen) atoms. The number of aromatic nitrogens is 1. The van der Waals surface area contributed by atoms with Gasteiger partial charge in [-0.15, -0.1) is 0 Å². The van der Waals surface area contributed by atoms with Crippen molar-refractivity contribution in [2.45, 2.75) is 6.92 Å². The molecule has 0 N–H and O–H groups in total. The van der Waals surface area contributed by atoms with E-state index < -0.39 is 17.5 Å². The summed E-state index contributed by atoms with van der Waals surface area (Å²) in [6, 6.07) is 3.07. The van der Waals surface area contributed by atoms with E-state index in [1.807, 2.05) is 0 Å². The molecule has 0 radical (unpaired) electrons. The third kappa shape index (κ3) is 5.12. The van der Waals surface area contributed by atoms with Crippen LogP contribution >= 0.6 is 0 Å². The van der Waals surface area contributed by atoms with E-state index in [-0.39, 0.29) is 41.7 Å². The molecular formula is C11H10NNaO4. The van der Waals surface area contributed by atoms with Gasteiger partial charge < -0.3 is 9.84 Å². The van der Waals surface area contributed by atoms with E-state index in [4.69, 9.17) is 0 Å². The van der Waals surface area contributed by atoms with Gasteiger partial charge in [0.1, 0.15) is 0 Å². The van der Waals surface area contributed by atoms with Crippen molar-refractivity contribution < 1.29 is 49.0 Å². The van der Waals surface area contributed by atoms with Gasteiger partial charge in [-0.25, -0.2) is 4.79 Å². The van der Waals surface area contributed by atoms with E-state index >= 15 is 0 Å². The van der Waals surface area contributed by atoms with E-state index in [0.717, 1.165) is 0 Å². The fourth-order valence-corrected chi connectivity index (χ4v) is 0.972. The molecule has 6 heteroatoms. The number of esters is 1. The summed E-state index contributed by atoms with van der Waals surface area (Å²) >= 11 is 0. The third-order valence-corrected chi connectivity index (χ3v) is 1.68. The molecule has 5 nitrogen and oxygen atoms in total. The maximum atomic E-state index is 11.4. The van der Waals surface area contributed by atoms with E-state index in [2.05, 4.69) is 9.72 Å².